The third-order valence-corrected chi connectivity index (χ3v) is 19.8. The summed E-state index contributed by atoms with van der Waals surface area (Å²) < 4.78 is 12.8. The number of rotatable bonds is 4. The van der Waals surface area contributed by atoms with E-state index in [4.69, 9.17) is 9.47 Å². The molecule has 14 heteroatoms. The molecule has 6 aliphatic heterocycles. The van der Waals surface area contributed by atoms with Crippen molar-refractivity contribution in [3.63, 3.8) is 0 Å². The molecule has 9 N–H and O–H groups in total. The van der Waals surface area contributed by atoms with E-state index in [2.05, 4.69) is 16.7 Å². The van der Waals surface area contributed by atoms with Crippen molar-refractivity contribution in [1.29, 1.82) is 0 Å². The SMILES string of the molecule is O=C1C2CCCC3O[C@@H]4O[C@H](CO)[C@@H](O)[C@](O)(C[C@@]56CCC[C@H]5C=C5C[C@@H](NC7[NH2+]CCC6C57)SSC[C@@]5(C(=O)C32)C(O)=CC(CC2CCCC(CO)C2)=C[C@@H]15)[C@H]4O. The van der Waals surface area contributed by atoms with E-state index in [1.165, 1.54) is 5.57 Å². The number of hydrogen-bond donors (Lipinski definition) is 8. The number of piperidine rings is 2. The summed E-state index contributed by atoms with van der Waals surface area (Å²) in [4.78, 5) is 30.5. The maximum atomic E-state index is 15.5. The first-order valence-corrected chi connectivity index (χ1v) is 24.8. The maximum Gasteiger partial charge on any atom is 0.187 e. The molecule has 6 heterocycles. The molecule has 18 atom stereocenters. The summed E-state index contributed by atoms with van der Waals surface area (Å²) in [5.74, 6) is -1.40. The number of aliphatic hydroxyl groups is 6. The van der Waals surface area contributed by atoms with Crippen LogP contribution in [0.2, 0.25) is 0 Å². The minimum atomic E-state index is -2.07. The molecule has 12 nitrogen and oxygen atoms in total. The molecular weight excluding hydrogens is 781 g/mol. The van der Waals surface area contributed by atoms with E-state index in [-0.39, 0.29) is 76.7 Å². The van der Waals surface area contributed by atoms with E-state index in [1.54, 1.807) is 27.7 Å². The van der Waals surface area contributed by atoms with Gasteiger partial charge in [-0.1, -0.05) is 65.0 Å². The molecule has 6 aliphatic carbocycles. The number of hydrogen-bond acceptors (Lipinski definition) is 13. The average molecular weight is 844 g/mol. The zero-order valence-electron chi connectivity index (χ0n) is 33.3. The number of ether oxygens (including phenoxy) is 2. The number of ketones is 2. The van der Waals surface area contributed by atoms with Crippen molar-refractivity contribution in [3.8, 4) is 0 Å². The smallest absolute Gasteiger partial charge is 0.187 e. The van der Waals surface area contributed by atoms with E-state index < -0.39 is 66.1 Å². The molecule has 9 fully saturated rings. The Bertz CT molecular complexity index is 1740. The molecule has 12 aliphatic rings. The van der Waals surface area contributed by atoms with Crippen LogP contribution in [0.5, 0.6) is 0 Å². The Kier molecular flexibility index (Phi) is 10.9. The topological polar surface area (TPSA) is 203 Å². The van der Waals surface area contributed by atoms with Crippen LogP contribution in [0.25, 0.3) is 0 Å². The van der Waals surface area contributed by atoms with Gasteiger partial charge in [-0.25, -0.2) is 0 Å². The Labute approximate surface area is 348 Å². The number of quaternary nitrogens is 1. The van der Waals surface area contributed by atoms with Gasteiger partial charge in [0.15, 0.2) is 12.1 Å². The van der Waals surface area contributed by atoms with E-state index in [0.29, 0.717) is 31.6 Å². The Morgan fingerprint density at radius 2 is 1.76 bits per heavy atom. The highest BCUT2D eigenvalue weighted by molar-refractivity contribution is 8.76. The van der Waals surface area contributed by atoms with E-state index >= 15 is 4.79 Å². The molecule has 0 aromatic rings. The lowest BCUT2D eigenvalue weighted by Gasteiger charge is -2.59. The quantitative estimate of drug-likeness (QED) is 0.152. The zero-order chi connectivity index (χ0) is 40.1. The van der Waals surface area contributed by atoms with Crippen molar-refractivity contribution >= 4 is 33.2 Å². The third kappa shape index (κ3) is 6.26. The molecule has 8 unspecified atom stereocenters. The average Bonchev–Trinajstić information content (AvgIpc) is 3.63. The number of nitrogens with two attached hydrogens (primary N) is 1. The normalized spacial score (nSPS) is 51.5. The van der Waals surface area contributed by atoms with E-state index in [1.807, 2.05) is 6.08 Å². The summed E-state index contributed by atoms with van der Waals surface area (Å²) in [6.07, 6.45) is 10.3. The number of Topliss-reactive ketones (excluding diaryl/α,β-unsaturated/α-hetero) is 2. The van der Waals surface area contributed by atoms with Crippen molar-refractivity contribution in [2.45, 2.75) is 138 Å². The molecule has 10 bridgehead atoms. The minimum Gasteiger partial charge on any atom is -0.511 e. The molecule has 5 saturated heterocycles. The van der Waals surface area contributed by atoms with Gasteiger partial charge in [0, 0.05) is 24.7 Å². The van der Waals surface area contributed by atoms with Crippen LogP contribution in [0.4, 0.5) is 0 Å². The van der Waals surface area contributed by atoms with Crippen molar-refractivity contribution in [3.05, 3.63) is 35.1 Å². The monoisotopic (exact) mass is 843 g/mol. The summed E-state index contributed by atoms with van der Waals surface area (Å²) in [6, 6.07) is 0. The molecule has 0 aromatic heterocycles. The molecule has 4 saturated carbocycles. The van der Waals surface area contributed by atoms with Gasteiger partial charge in [-0.2, -0.15) is 0 Å². The molecule has 0 radical (unpaired) electrons. The molecule has 12 rings (SSSR count). The second-order valence-corrected chi connectivity index (χ2v) is 22.5. The summed E-state index contributed by atoms with van der Waals surface area (Å²) in [7, 11) is 3.25. The number of allylic oxidation sites excluding steroid dienone is 5. The lowest BCUT2D eigenvalue weighted by Crippen LogP contribution is -2.98. The fraction of sp³-hybridized carbons (Fsp3) is 0.818. The lowest BCUT2D eigenvalue weighted by molar-refractivity contribution is -0.714. The van der Waals surface area contributed by atoms with Crippen LogP contribution in [0.15, 0.2) is 35.1 Å². The van der Waals surface area contributed by atoms with Gasteiger partial charge in [-0.15, -0.1) is 0 Å². The third-order valence-electron chi connectivity index (χ3n) is 17.1. The number of aliphatic hydroxyl groups excluding tert-OH is 5. The van der Waals surface area contributed by atoms with Crippen LogP contribution in [0.3, 0.4) is 0 Å². The predicted molar refractivity (Wildman–Crippen MR) is 217 cm³/mol. The van der Waals surface area contributed by atoms with Crippen LogP contribution in [-0.4, -0.2) is 116 Å². The first-order valence-electron chi connectivity index (χ1n) is 22.4. The van der Waals surface area contributed by atoms with Crippen molar-refractivity contribution in [2.24, 2.45) is 58.2 Å². The Balaban J connectivity index is 1.05. The number of carbonyl (C=O) groups excluding carboxylic acids is 2. The molecule has 58 heavy (non-hydrogen) atoms. The highest BCUT2D eigenvalue weighted by atomic mass is 33.1. The standard InChI is InChI=1S/C44H62N2O10S2/c47-18-23-5-1-4-22(12-23)13-24-14-29-36(50)27-7-2-8-30-35(27)38(52)43(29,32(49)15-24)21-57-58-33-17-25-16-26-6-3-10-42(26,28-9-11-45-40(46-33)34(25)28)20-44(54)37(51)31(19-48)56-41(55-30)39(44)53/h14-16,22-23,26-31,33-35,37,39-41,45-49,51,53-54H,1-13,17-21H2/p+1/t22?,23?,26-,27?,28?,29-,30?,31+,33-,34?,35?,37+,39-,40?,41+,42-,43-,44+/m0/s1. The zero-order valence-corrected chi connectivity index (χ0v) is 35.0. The number of nitrogens with one attached hydrogen (secondary N) is 1. The van der Waals surface area contributed by atoms with Gasteiger partial charge in [-0.3, -0.25) is 14.9 Å². The summed E-state index contributed by atoms with van der Waals surface area (Å²) in [6.45, 7) is 0.464. The first kappa shape index (κ1) is 40.8. The second kappa shape index (κ2) is 15.5. The van der Waals surface area contributed by atoms with Gasteiger partial charge in [0.25, 0.3) is 0 Å². The first-order chi connectivity index (χ1) is 28.0. The van der Waals surface area contributed by atoms with Gasteiger partial charge in [0.2, 0.25) is 0 Å². The predicted octanol–water partition coefficient (Wildman–Crippen LogP) is 2.64. The van der Waals surface area contributed by atoms with Crippen molar-refractivity contribution in [1.82, 2.24) is 5.32 Å². The van der Waals surface area contributed by atoms with Gasteiger partial charge in [-0.05, 0) is 98.5 Å². The highest BCUT2D eigenvalue weighted by Crippen LogP contribution is 2.64. The fourth-order valence-corrected chi connectivity index (χ4v) is 17.5. The Morgan fingerprint density at radius 3 is 2.59 bits per heavy atom. The van der Waals surface area contributed by atoms with Gasteiger partial charge < -0.3 is 45.4 Å². The van der Waals surface area contributed by atoms with E-state index in [0.717, 1.165) is 69.9 Å². The summed E-state index contributed by atoms with van der Waals surface area (Å²) in [5.41, 5.74) is -1.67. The van der Waals surface area contributed by atoms with Crippen molar-refractivity contribution in [2.75, 3.05) is 25.5 Å². The van der Waals surface area contributed by atoms with E-state index in [9.17, 15) is 35.4 Å². The Hall–Kier alpha value is -1.30. The maximum absolute atomic E-state index is 15.5. The van der Waals surface area contributed by atoms with Crippen molar-refractivity contribution < 1.29 is 55.0 Å². The molecule has 0 aromatic carbocycles. The highest BCUT2D eigenvalue weighted by Gasteiger charge is 2.67. The summed E-state index contributed by atoms with van der Waals surface area (Å²) in [5, 5.41) is 76.1. The van der Waals surface area contributed by atoms with Crippen LogP contribution in [0, 0.1) is 58.2 Å². The molecule has 0 amide bonds. The van der Waals surface area contributed by atoms with Crippen LogP contribution in [-0.2, 0) is 19.1 Å². The molecular formula is C44H63N2O10S2+. The largest absolute Gasteiger partial charge is 0.511 e. The summed E-state index contributed by atoms with van der Waals surface area (Å²) >= 11 is 0. The molecule has 2 spiro atoms. The van der Waals surface area contributed by atoms with Gasteiger partial charge >= 0.3 is 0 Å². The Morgan fingerprint density at radius 1 is 0.931 bits per heavy atom. The van der Waals surface area contributed by atoms with Crippen LogP contribution >= 0.6 is 21.6 Å². The number of carbonyl (C=O) groups is 2. The van der Waals surface area contributed by atoms with Gasteiger partial charge in [0.1, 0.15) is 47.0 Å². The minimum absolute atomic E-state index is 0.0454. The second-order valence-electron chi connectivity index (χ2n) is 20.0. The lowest BCUT2D eigenvalue weighted by atomic mass is 9.51. The van der Waals surface area contributed by atoms with Gasteiger partial charge in [0.05, 0.1) is 42.4 Å². The molecule has 320 valence electrons. The fourth-order valence-electron chi connectivity index (χ4n) is 14.5. The van der Waals surface area contributed by atoms with Crippen LogP contribution < -0.4 is 10.6 Å². The van der Waals surface area contributed by atoms with Crippen LogP contribution in [0.1, 0.15) is 89.9 Å².